The second-order valence-electron chi connectivity index (χ2n) is 10.9. The molecule has 0 N–H and O–H groups in total. The lowest BCUT2D eigenvalue weighted by molar-refractivity contribution is -0.126. The molecule has 3 heterocycles. The number of benzene rings is 4. The Morgan fingerprint density at radius 3 is 2.35 bits per heavy atom. The Kier molecular flexibility index (Phi) is 6.16. The molecular weight excluding hydrogens is 547 g/mol. The lowest BCUT2D eigenvalue weighted by Gasteiger charge is -2.34. The summed E-state index contributed by atoms with van der Waals surface area (Å²) in [6.45, 7) is 2.35. The van der Waals surface area contributed by atoms with E-state index in [1.165, 1.54) is 17.0 Å². The Bertz CT molecular complexity index is 1980. The first-order valence-electron chi connectivity index (χ1n) is 14.0. The molecule has 7 nitrogen and oxygen atoms in total. The highest BCUT2D eigenvalue weighted by Gasteiger charge is 2.64. The molecule has 1 unspecified atom stereocenters. The molecule has 2 aliphatic rings. The summed E-state index contributed by atoms with van der Waals surface area (Å²) in [5.74, 6) is -1.11. The van der Waals surface area contributed by atoms with E-state index in [0.29, 0.717) is 23.4 Å². The fraction of sp³-hybridized carbons (Fsp3) is 0.171. The van der Waals surface area contributed by atoms with Crippen LogP contribution in [0.2, 0.25) is 0 Å². The van der Waals surface area contributed by atoms with Crippen LogP contribution in [0.3, 0.4) is 0 Å². The van der Waals surface area contributed by atoms with E-state index in [1.54, 1.807) is 24.1 Å². The van der Waals surface area contributed by atoms with Crippen molar-refractivity contribution in [2.75, 3.05) is 18.6 Å². The molecule has 214 valence electrons. The number of aryl methyl sites for hydroxylation is 1. The Morgan fingerprint density at radius 1 is 0.884 bits per heavy atom. The second-order valence-corrected chi connectivity index (χ2v) is 10.9. The van der Waals surface area contributed by atoms with E-state index in [4.69, 9.17) is 9.15 Å². The number of ether oxygens (including phenoxy) is 1. The van der Waals surface area contributed by atoms with Gasteiger partial charge in [-0.3, -0.25) is 14.4 Å². The number of rotatable bonds is 6. The highest BCUT2D eigenvalue weighted by Crippen LogP contribution is 2.53. The van der Waals surface area contributed by atoms with Crippen LogP contribution in [-0.4, -0.2) is 30.4 Å². The van der Waals surface area contributed by atoms with Crippen molar-refractivity contribution in [1.29, 1.82) is 0 Å². The molecule has 0 saturated carbocycles. The number of carbonyl (C=O) groups is 2. The zero-order chi connectivity index (χ0) is 29.9. The normalized spacial score (nSPS) is 17.2. The third kappa shape index (κ3) is 3.97. The van der Waals surface area contributed by atoms with Crippen LogP contribution >= 0.6 is 0 Å². The van der Waals surface area contributed by atoms with Crippen molar-refractivity contribution >= 4 is 28.5 Å². The van der Waals surface area contributed by atoms with Crippen LogP contribution in [0.15, 0.2) is 100 Å². The number of hydrogen-bond acceptors (Lipinski definition) is 5. The summed E-state index contributed by atoms with van der Waals surface area (Å²) in [5.41, 5.74) is 1.64. The van der Waals surface area contributed by atoms with Gasteiger partial charge in [0.2, 0.25) is 5.76 Å². The van der Waals surface area contributed by atoms with Crippen LogP contribution < -0.4 is 15.1 Å². The van der Waals surface area contributed by atoms with E-state index in [9.17, 15) is 18.8 Å². The van der Waals surface area contributed by atoms with E-state index in [2.05, 4.69) is 0 Å². The number of hydrogen-bond donors (Lipinski definition) is 0. The second kappa shape index (κ2) is 9.94. The summed E-state index contributed by atoms with van der Waals surface area (Å²) in [6, 6.07) is 26.1. The van der Waals surface area contributed by atoms with Gasteiger partial charge in [0.25, 0.3) is 11.8 Å². The van der Waals surface area contributed by atoms with Crippen LogP contribution in [-0.2, 0) is 23.3 Å². The predicted molar refractivity (Wildman–Crippen MR) is 160 cm³/mol. The summed E-state index contributed by atoms with van der Waals surface area (Å²) in [4.78, 5) is 46.4. The monoisotopic (exact) mass is 574 g/mol. The highest BCUT2D eigenvalue weighted by molar-refractivity contribution is 6.17. The van der Waals surface area contributed by atoms with Crippen LogP contribution in [0.25, 0.3) is 11.0 Å². The third-order valence-electron chi connectivity index (χ3n) is 8.44. The molecule has 2 aliphatic heterocycles. The summed E-state index contributed by atoms with van der Waals surface area (Å²) in [6.07, 6.45) is 0.404. The van der Waals surface area contributed by atoms with Crippen LogP contribution in [0.4, 0.5) is 10.1 Å². The van der Waals surface area contributed by atoms with Gasteiger partial charge in [0.05, 0.1) is 30.3 Å². The quantitative estimate of drug-likeness (QED) is 0.259. The van der Waals surface area contributed by atoms with Crippen LogP contribution in [0.1, 0.15) is 38.4 Å². The summed E-state index contributed by atoms with van der Waals surface area (Å²) < 4.78 is 25.7. The molecule has 1 aromatic heterocycles. The van der Waals surface area contributed by atoms with E-state index in [-0.39, 0.29) is 35.4 Å². The minimum absolute atomic E-state index is 0.0230. The number of nitrogens with zero attached hydrogens (tertiary/aromatic N) is 2. The maximum atomic E-state index is 14.9. The molecule has 4 aromatic carbocycles. The minimum atomic E-state index is -1.78. The van der Waals surface area contributed by atoms with Crippen molar-refractivity contribution in [3.63, 3.8) is 0 Å². The van der Waals surface area contributed by atoms with Gasteiger partial charge in [0.15, 0.2) is 11.0 Å². The Labute approximate surface area is 246 Å². The van der Waals surface area contributed by atoms with E-state index < -0.39 is 28.6 Å². The Hall–Kier alpha value is -5.24. The topological polar surface area (TPSA) is 80.1 Å². The first-order chi connectivity index (χ1) is 20.8. The van der Waals surface area contributed by atoms with Crippen molar-refractivity contribution in [2.45, 2.75) is 25.4 Å². The molecule has 1 spiro atoms. The van der Waals surface area contributed by atoms with E-state index in [1.807, 2.05) is 67.6 Å². The van der Waals surface area contributed by atoms with Crippen molar-refractivity contribution in [3.05, 3.63) is 141 Å². The molecule has 8 heteroatoms. The average Bonchev–Trinajstić information content (AvgIpc) is 3.41. The minimum Gasteiger partial charge on any atom is -0.497 e. The maximum absolute atomic E-state index is 14.9. The summed E-state index contributed by atoms with van der Waals surface area (Å²) in [7, 11) is 1.59. The van der Waals surface area contributed by atoms with Gasteiger partial charge in [-0.25, -0.2) is 4.39 Å². The molecule has 0 saturated heterocycles. The number of halogens is 1. The molecule has 5 aromatic rings. The molecule has 0 bridgehead atoms. The molecular formula is C35H27FN2O5. The molecule has 0 aliphatic carbocycles. The van der Waals surface area contributed by atoms with Gasteiger partial charge < -0.3 is 19.0 Å². The number of carbonyl (C=O) groups excluding carboxylic acids is 2. The first-order valence-corrected chi connectivity index (χ1v) is 14.0. The van der Waals surface area contributed by atoms with Gasteiger partial charge in [0, 0.05) is 12.1 Å². The zero-order valence-corrected chi connectivity index (χ0v) is 23.6. The number of anilines is 1. The van der Waals surface area contributed by atoms with Gasteiger partial charge in [-0.1, -0.05) is 60.2 Å². The lowest BCUT2D eigenvalue weighted by atomic mass is 9.83. The van der Waals surface area contributed by atoms with Gasteiger partial charge in [-0.15, -0.1) is 0 Å². The van der Waals surface area contributed by atoms with Gasteiger partial charge in [-0.2, -0.15) is 0 Å². The molecule has 0 fully saturated rings. The van der Waals surface area contributed by atoms with Gasteiger partial charge >= 0.3 is 0 Å². The van der Waals surface area contributed by atoms with Crippen molar-refractivity contribution < 1.29 is 23.1 Å². The average molecular weight is 575 g/mol. The summed E-state index contributed by atoms with van der Waals surface area (Å²) >= 11 is 0. The number of fused-ring (bicyclic) bond motifs is 5. The first kappa shape index (κ1) is 26.6. The molecule has 43 heavy (non-hydrogen) atoms. The van der Waals surface area contributed by atoms with Crippen molar-refractivity contribution in [3.8, 4) is 5.75 Å². The predicted octanol–water partition coefficient (Wildman–Crippen LogP) is 5.74. The van der Waals surface area contributed by atoms with Crippen molar-refractivity contribution in [1.82, 2.24) is 4.90 Å². The number of amides is 2. The molecule has 7 rings (SSSR count). The molecule has 0 radical (unpaired) electrons. The number of para-hydroxylation sites is 1. The van der Waals surface area contributed by atoms with Crippen LogP contribution in [0, 0.1) is 12.7 Å². The van der Waals surface area contributed by atoms with Crippen molar-refractivity contribution in [2.24, 2.45) is 0 Å². The largest absolute Gasteiger partial charge is 0.497 e. The fourth-order valence-corrected chi connectivity index (χ4v) is 6.33. The third-order valence-corrected chi connectivity index (χ3v) is 8.44. The Morgan fingerprint density at radius 2 is 1.60 bits per heavy atom. The molecule has 2 amide bonds. The highest BCUT2D eigenvalue weighted by atomic mass is 19.1. The zero-order valence-electron chi connectivity index (χ0n) is 23.6. The SMILES string of the molecule is COc1ccc(CCN2C(=O)c3oc4ccc(F)cc4c(=O)c3C23C(=O)N(Cc2ccc(C)cc2)c2ccccc23)cc1. The maximum Gasteiger partial charge on any atom is 0.291 e. The Balaban J connectivity index is 1.43. The van der Waals surface area contributed by atoms with E-state index in [0.717, 1.165) is 22.8 Å². The molecule has 1 atom stereocenters. The standard InChI is InChI=1S/C35H27FN2O5/c1-21-7-9-23(10-8-21)20-37-28-6-4-3-5-27(28)35(34(37)41)30-31(39)26-19-24(36)13-16-29(26)43-32(30)33(40)38(35)18-17-22-11-14-25(42-2)15-12-22/h3-16,19H,17-18,20H2,1-2H3. The van der Waals surface area contributed by atoms with Gasteiger partial charge in [-0.05, 0) is 60.9 Å². The smallest absolute Gasteiger partial charge is 0.291 e. The summed E-state index contributed by atoms with van der Waals surface area (Å²) in [5, 5.41) is -0.0230. The van der Waals surface area contributed by atoms with Gasteiger partial charge in [0.1, 0.15) is 17.1 Å². The fourth-order valence-electron chi connectivity index (χ4n) is 6.33. The van der Waals surface area contributed by atoms with Crippen LogP contribution in [0.5, 0.6) is 5.75 Å². The lowest BCUT2D eigenvalue weighted by Crippen LogP contribution is -2.53. The number of methoxy groups -OCH3 is 1. The van der Waals surface area contributed by atoms with E-state index >= 15 is 0 Å².